The van der Waals surface area contributed by atoms with Gasteiger partial charge in [-0.2, -0.15) is 0 Å². The molecule has 1 fully saturated rings. The molecule has 1 aliphatic rings. The van der Waals surface area contributed by atoms with Crippen LogP contribution in [0.1, 0.15) is 24.4 Å². The summed E-state index contributed by atoms with van der Waals surface area (Å²) in [4.78, 5) is 28.4. The maximum absolute atomic E-state index is 14.9. The van der Waals surface area contributed by atoms with Crippen molar-refractivity contribution < 1.29 is 23.5 Å². The molecule has 1 aromatic heterocycles. The Bertz CT molecular complexity index is 1130. The molecule has 0 bridgehead atoms. The van der Waals surface area contributed by atoms with E-state index in [1.165, 1.54) is 28.8 Å². The van der Waals surface area contributed by atoms with Gasteiger partial charge in [0.05, 0.1) is 18.2 Å². The third-order valence-electron chi connectivity index (χ3n) is 5.82. The van der Waals surface area contributed by atoms with E-state index in [1.807, 2.05) is 18.2 Å². The molecule has 34 heavy (non-hydrogen) atoms. The molecule has 1 aliphatic heterocycles. The Hall–Kier alpha value is -3.37. The highest BCUT2D eigenvalue weighted by molar-refractivity contribution is 5.89. The van der Waals surface area contributed by atoms with E-state index in [9.17, 15) is 14.0 Å². The average molecular weight is 470 g/mol. The lowest BCUT2D eigenvalue weighted by Crippen LogP contribution is -2.48. The number of rotatable bonds is 10. The van der Waals surface area contributed by atoms with Crippen LogP contribution < -0.4 is 5.32 Å². The minimum Gasteiger partial charge on any atom is -0.383 e. The number of hydrogen-bond donors (Lipinski definition) is 1. The summed E-state index contributed by atoms with van der Waals surface area (Å²) >= 11 is 0. The molecule has 1 N–H and O–H groups in total. The number of para-hydroxylation sites is 1. The largest absolute Gasteiger partial charge is 0.383 e. The molecular formula is C24H28FN5O4. The van der Waals surface area contributed by atoms with Crippen molar-refractivity contribution in [3.8, 4) is 0 Å². The highest BCUT2D eigenvalue weighted by Gasteiger charge is 2.35. The van der Waals surface area contributed by atoms with E-state index in [2.05, 4.69) is 15.6 Å². The van der Waals surface area contributed by atoms with Gasteiger partial charge in [-0.25, -0.2) is 9.07 Å². The molecule has 0 aliphatic carbocycles. The van der Waals surface area contributed by atoms with Crippen LogP contribution in [0.5, 0.6) is 0 Å². The van der Waals surface area contributed by atoms with Gasteiger partial charge in [0.25, 0.3) is 0 Å². The molecule has 0 unspecified atom stereocenters. The lowest BCUT2D eigenvalue weighted by molar-refractivity contribution is -0.143. The van der Waals surface area contributed by atoms with E-state index in [0.29, 0.717) is 24.2 Å². The fourth-order valence-electron chi connectivity index (χ4n) is 4.13. The van der Waals surface area contributed by atoms with Crippen molar-refractivity contribution in [1.82, 2.24) is 25.2 Å². The van der Waals surface area contributed by atoms with Crippen LogP contribution >= 0.6 is 0 Å². The van der Waals surface area contributed by atoms with Gasteiger partial charge in [-0.1, -0.05) is 35.5 Å². The molecule has 10 heteroatoms. The molecule has 1 saturated heterocycles. The van der Waals surface area contributed by atoms with E-state index in [0.717, 1.165) is 12.8 Å². The SMILES string of the molecule is COCCNC(=O)[C@@H](c1ccccc1F)N(C[C@H]1CCCO1)C(=O)Cn1nnc2ccccc21. The Labute approximate surface area is 196 Å². The van der Waals surface area contributed by atoms with Crippen LogP contribution in [0.4, 0.5) is 4.39 Å². The van der Waals surface area contributed by atoms with Gasteiger partial charge in [-0.3, -0.25) is 9.59 Å². The number of nitrogens with zero attached hydrogens (tertiary/aromatic N) is 4. The van der Waals surface area contributed by atoms with Crippen molar-refractivity contribution in [2.45, 2.75) is 31.5 Å². The maximum atomic E-state index is 14.9. The molecule has 0 spiro atoms. The number of halogens is 1. The van der Waals surface area contributed by atoms with Gasteiger partial charge in [0.2, 0.25) is 11.8 Å². The Kier molecular flexibility index (Phi) is 7.81. The molecule has 180 valence electrons. The quantitative estimate of drug-likeness (QED) is 0.457. The van der Waals surface area contributed by atoms with Crippen molar-refractivity contribution in [2.75, 3.05) is 33.4 Å². The van der Waals surface area contributed by atoms with Crippen LogP contribution in [-0.4, -0.2) is 71.2 Å². The predicted molar refractivity (Wildman–Crippen MR) is 122 cm³/mol. The first kappa shape index (κ1) is 23.8. The van der Waals surface area contributed by atoms with E-state index in [-0.39, 0.29) is 37.2 Å². The number of carbonyl (C=O) groups is 2. The molecule has 4 rings (SSSR count). The average Bonchev–Trinajstić information content (AvgIpc) is 3.50. The fourth-order valence-corrected chi connectivity index (χ4v) is 4.13. The summed E-state index contributed by atoms with van der Waals surface area (Å²) in [7, 11) is 1.52. The third-order valence-corrected chi connectivity index (χ3v) is 5.82. The van der Waals surface area contributed by atoms with Gasteiger partial charge in [0.15, 0.2) is 0 Å². The number of benzene rings is 2. The number of fused-ring (bicyclic) bond motifs is 1. The second-order valence-electron chi connectivity index (χ2n) is 8.12. The van der Waals surface area contributed by atoms with E-state index < -0.39 is 17.8 Å². The van der Waals surface area contributed by atoms with E-state index in [4.69, 9.17) is 9.47 Å². The second kappa shape index (κ2) is 11.2. The predicted octanol–water partition coefficient (Wildman–Crippen LogP) is 2.08. The topological polar surface area (TPSA) is 98.6 Å². The highest BCUT2D eigenvalue weighted by atomic mass is 19.1. The molecule has 9 nitrogen and oxygen atoms in total. The molecule has 2 aromatic carbocycles. The molecule has 2 heterocycles. The molecule has 2 amide bonds. The number of ether oxygens (including phenoxy) is 2. The normalized spacial score (nSPS) is 16.5. The van der Waals surface area contributed by atoms with Crippen molar-refractivity contribution >= 4 is 22.8 Å². The zero-order chi connectivity index (χ0) is 23.9. The van der Waals surface area contributed by atoms with Gasteiger partial charge in [-0.05, 0) is 31.0 Å². The Morgan fingerprint density at radius 2 is 2.06 bits per heavy atom. The highest BCUT2D eigenvalue weighted by Crippen LogP contribution is 2.27. The summed E-state index contributed by atoms with van der Waals surface area (Å²) in [5, 5.41) is 11.0. The molecule has 3 aromatic rings. The van der Waals surface area contributed by atoms with Crippen molar-refractivity contribution in [2.24, 2.45) is 0 Å². The molecule has 2 atom stereocenters. The summed E-state index contributed by atoms with van der Waals surface area (Å²) in [6, 6.07) is 12.1. The zero-order valence-electron chi connectivity index (χ0n) is 19.0. The minimum absolute atomic E-state index is 0.118. The van der Waals surface area contributed by atoms with Crippen LogP contribution in [0.25, 0.3) is 11.0 Å². The van der Waals surface area contributed by atoms with Crippen LogP contribution in [0.3, 0.4) is 0 Å². The maximum Gasteiger partial charge on any atom is 0.247 e. The molecule has 0 radical (unpaired) electrons. The smallest absolute Gasteiger partial charge is 0.247 e. The van der Waals surface area contributed by atoms with Gasteiger partial charge in [0.1, 0.15) is 23.9 Å². The van der Waals surface area contributed by atoms with Gasteiger partial charge >= 0.3 is 0 Å². The fraction of sp³-hybridized carbons (Fsp3) is 0.417. The van der Waals surface area contributed by atoms with E-state index >= 15 is 0 Å². The van der Waals surface area contributed by atoms with Gasteiger partial charge < -0.3 is 19.7 Å². The standard InChI is InChI=1S/C24H28FN5O4/c1-33-14-12-26-24(32)23(18-8-2-3-9-19(18)25)29(15-17-7-6-13-34-17)22(31)16-30-21-11-5-4-10-20(21)27-28-30/h2-5,8-11,17,23H,6-7,12-16H2,1H3,(H,26,32)/t17-,23-/m1/s1. The third kappa shape index (κ3) is 5.40. The lowest BCUT2D eigenvalue weighted by Gasteiger charge is -2.33. The van der Waals surface area contributed by atoms with Crippen molar-refractivity contribution in [3.63, 3.8) is 0 Å². The van der Waals surface area contributed by atoms with Gasteiger partial charge in [0, 0.05) is 32.4 Å². The Morgan fingerprint density at radius 3 is 2.82 bits per heavy atom. The van der Waals surface area contributed by atoms with Crippen LogP contribution in [0.15, 0.2) is 48.5 Å². The Morgan fingerprint density at radius 1 is 1.26 bits per heavy atom. The van der Waals surface area contributed by atoms with Gasteiger partial charge in [-0.15, -0.1) is 5.10 Å². The second-order valence-corrected chi connectivity index (χ2v) is 8.12. The van der Waals surface area contributed by atoms with Crippen LogP contribution in [-0.2, 0) is 25.6 Å². The Balaban J connectivity index is 1.68. The summed E-state index contributed by atoms with van der Waals surface area (Å²) in [6.07, 6.45) is 1.38. The lowest BCUT2D eigenvalue weighted by atomic mass is 10.0. The monoisotopic (exact) mass is 469 g/mol. The summed E-state index contributed by atoms with van der Waals surface area (Å²) in [5.41, 5.74) is 1.47. The van der Waals surface area contributed by atoms with Crippen LogP contribution in [0, 0.1) is 5.82 Å². The number of methoxy groups -OCH3 is 1. The number of nitrogens with one attached hydrogen (secondary N) is 1. The minimum atomic E-state index is -1.18. The summed E-state index contributed by atoms with van der Waals surface area (Å²) in [5.74, 6) is -1.44. The number of aromatic nitrogens is 3. The van der Waals surface area contributed by atoms with E-state index in [1.54, 1.807) is 18.2 Å². The molecule has 0 saturated carbocycles. The summed E-state index contributed by atoms with van der Waals surface area (Å²) in [6.45, 7) is 1.12. The first-order valence-electron chi connectivity index (χ1n) is 11.3. The van der Waals surface area contributed by atoms with Crippen molar-refractivity contribution in [3.05, 3.63) is 59.9 Å². The zero-order valence-corrected chi connectivity index (χ0v) is 19.0. The number of hydrogen-bond acceptors (Lipinski definition) is 6. The number of amides is 2. The summed E-state index contributed by atoms with van der Waals surface area (Å²) < 4.78 is 27.2. The van der Waals surface area contributed by atoms with Crippen molar-refractivity contribution in [1.29, 1.82) is 0 Å². The van der Waals surface area contributed by atoms with Crippen LogP contribution in [0.2, 0.25) is 0 Å². The first-order valence-corrected chi connectivity index (χ1v) is 11.3. The number of carbonyl (C=O) groups excluding carboxylic acids is 2. The first-order chi connectivity index (χ1) is 16.6. The molecular weight excluding hydrogens is 441 g/mol.